The van der Waals surface area contributed by atoms with Gasteiger partial charge >= 0.3 is 0 Å². The summed E-state index contributed by atoms with van der Waals surface area (Å²) in [6, 6.07) is 2.56. The number of rotatable bonds is 5. The van der Waals surface area contributed by atoms with E-state index in [1.165, 1.54) is 24.5 Å². The van der Waals surface area contributed by atoms with Crippen LogP contribution in [0.15, 0.2) is 10.6 Å². The highest BCUT2D eigenvalue weighted by Crippen LogP contribution is 2.13. The highest BCUT2D eigenvalue weighted by Gasteiger charge is 2.12. The van der Waals surface area contributed by atoms with Gasteiger partial charge in [-0.3, -0.25) is 4.90 Å². The van der Waals surface area contributed by atoms with Crippen LogP contribution >= 0.6 is 11.8 Å². The lowest BCUT2D eigenvalue weighted by molar-refractivity contribution is 0.245. The molecule has 1 fully saturated rings. The van der Waals surface area contributed by atoms with Crippen LogP contribution in [0.2, 0.25) is 0 Å². The third-order valence-electron chi connectivity index (χ3n) is 2.99. The molecule has 0 radical (unpaired) electrons. The lowest BCUT2D eigenvalue weighted by Gasteiger charge is -2.16. The van der Waals surface area contributed by atoms with E-state index in [0.717, 1.165) is 31.1 Å². The first-order valence-corrected chi connectivity index (χ1v) is 7.87. The molecule has 0 aromatic carbocycles. The van der Waals surface area contributed by atoms with Crippen LogP contribution in [0.1, 0.15) is 31.7 Å². The van der Waals surface area contributed by atoms with Gasteiger partial charge in [0.05, 0.1) is 12.2 Å². The van der Waals surface area contributed by atoms with Gasteiger partial charge in [-0.15, -0.1) is 0 Å². The van der Waals surface area contributed by atoms with E-state index >= 15 is 0 Å². The van der Waals surface area contributed by atoms with E-state index in [2.05, 4.69) is 35.3 Å². The number of thioether (sulfide) groups is 1. The monoisotopic (exact) mass is 269 g/mol. The van der Waals surface area contributed by atoms with E-state index < -0.39 is 0 Å². The van der Waals surface area contributed by atoms with Crippen molar-refractivity contribution >= 4 is 11.8 Å². The molecular weight excluding hydrogens is 246 g/mol. The van der Waals surface area contributed by atoms with Crippen molar-refractivity contribution in [1.82, 2.24) is 15.4 Å². The highest BCUT2D eigenvalue weighted by molar-refractivity contribution is 7.99. The van der Waals surface area contributed by atoms with Gasteiger partial charge in [-0.25, -0.2) is 0 Å². The average molecular weight is 269 g/mol. The quantitative estimate of drug-likeness (QED) is 0.886. The van der Waals surface area contributed by atoms with Crippen molar-refractivity contribution in [2.75, 3.05) is 24.6 Å². The Morgan fingerprint density at radius 1 is 1.44 bits per heavy atom. The molecule has 1 aromatic heterocycles. The Kier molecular flexibility index (Phi) is 5.53. The Morgan fingerprint density at radius 2 is 2.33 bits per heavy atom. The summed E-state index contributed by atoms with van der Waals surface area (Å²) in [5, 5.41) is 7.46. The molecule has 18 heavy (non-hydrogen) atoms. The molecule has 0 amide bonds. The Balaban J connectivity index is 1.81. The first kappa shape index (κ1) is 13.9. The molecule has 1 aromatic rings. The molecule has 0 aliphatic carbocycles. The van der Waals surface area contributed by atoms with Crippen LogP contribution in [-0.2, 0) is 13.1 Å². The minimum Gasteiger partial charge on any atom is -0.360 e. The minimum absolute atomic E-state index is 0.479. The molecule has 0 atom stereocenters. The first-order chi connectivity index (χ1) is 8.74. The Bertz CT molecular complexity index is 346. The van der Waals surface area contributed by atoms with Gasteiger partial charge in [0.2, 0.25) is 0 Å². The topological polar surface area (TPSA) is 41.3 Å². The molecule has 5 heteroatoms. The number of nitrogens with one attached hydrogen (secondary N) is 1. The summed E-state index contributed by atoms with van der Waals surface area (Å²) < 4.78 is 5.40. The van der Waals surface area contributed by atoms with Crippen LogP contribution in [0.5, 0.6) is 0 Å². The zero-order chi connectivity index (χ0) is 12.8. The van der Waals surface area contributed by atoms with Gasteiger partial charge in [-0.05, 0) is 18.7 Å². The van der Waals surface area contributed by atoms with E-state index in [9.17, 15) is 0 Å². The van der Waals surface area contributed by atoms with E-state index in [1.807, 2.05) is 11.8 Å². The van der Waals surface area contributed by atoms with Gasteiger partial charge in [0.15, 0.2) is 5.76 Å². The van der Waals surface area contributed by atoms with Gasteiger partial charge in [0.25, 0.3) is 0 Å². The molecule has 0 spiro atoms. The normalized spacial score (nSPS) is 18.2. The number of hydrogen-bond donors (Lipinski definition) is 1. The third kappa shape index (κ3) is 4.63. The molecule has 1 saturated heterocycles. The Labute approximate surface area is 113 Å². The molecule has 2 rings (SSSR count). The second kappa shape index (κ2) is 7.16. The molecule has 0 bridgehead atoms. The molecule has 4 nitrogen and oxygen atoms in total. The smallest absolute Gasteiger partial charge is 0.151 e. The molecule has 102 valence electrons. The summed E-state index contributed by atoms with van der Waals surface area (Å²) in [5.74, 6) is 3.51. The fourth-order valence-electron chi connectivity index (χ4n) is 2.00. The Morgan fingerprint density at radius 3 is 3.17 bits per heavy atom. The first-order valence-electron chi connectivity index (χ1n) is 6.72. The van der Waals surface area contributed by atoms with Crippen molar-refractivity contribution in [2.45, 2.75) is 39.4 Å². The van der Waals surface area contributed by atoms with Gasteiger partial charge in [-0.1, -0.05) is 19.0 Å². The predicted molar refractivity (Wildman–Crippen MR) is 75.7 cm³/mol. The minimum atomic E-state index is 0.479. The lowest BCUT2D eigenvalue weighted by atomic mass is 10.3. The fraction of sp³-hybridized carbons (Fsp3) is 0.769. The summed E-state index contributed by atoms with van der Waals surface area (Å²) in [6.45, 7) is 8.29. The summed E-state index contributed by atoms with van der Waals surface area (Å²) in [5.41, 5.74) is 1.00. The van der Waals surface area contributed by atoms with Crippen molar-refractivity contribution in [3.63, 3.8) is 0 Å². The maximum absolute atomic E-state index is 5.40. The van der Waals surface area contributed by atoms with Crippen LogP contribution in [0, 0.1) is 0 Å². The summed E-state index contributed by atoms with van der Waals surface area (Å²) >= 11 is 2.05. The second-order valence-corrected chi connectivity index (χ2v) is 6.29. The van der Waals surface area contributed by atoms with Gasteiger partial charge in [0, 0.05) is 31.0 Å². The average Bonchev–Trinajstić information content (AvgIpc) is 2.62. The SMILES string of the molecule is CC(C)NCc1cc(CN2CCCSCC2)on1. The highest BCUT2D eigenvalue weighted by atomic mass is 32.2. The lowest BCUT2D eigenvalue weighted by Crippen LogP contribution is -2.25. The van der Waals surface area contributed by atoms with Gasteiger partial charge in [0.1, 0.15) is 0 Å². The maximum Gasteiger partial charge on any atom is 0.151 e. The molecule has 1 aliphatic rings. The third-order valence-corrected chi connectivity index (χ3v) is 4.04. The van der Waals surface area contributed by atoms with Crippen LogP contribution in [-0.4, -0.2) is 40.7 Å². The molecule has 1 aliphatic heterocycles. The fourth-order valence-corrected chi connectivity index (χ4v) is 2.92. The predicted octanol–water partition coefficient (Wildman–Crippen LogP) is 2.11. The molecule has 1 N–H and O–H groups in total. The van der Waals surface area contributed by atoms with E-state index in [1.54, 1.807) is 0 Å². The number of aromatic nitrogens is 1. The second-order valence-electron chi connectivity index (χ2n) is 5.06. The van der Waals surface area contributed by atoms with Crippen molar-refractivity contribution in [3.8, 4) is 0 Å². The van der Waals surface area contributed by atoms with Gasteiger partial charge < -0.3 is 9.84 Å². The number of hydrogen-bond acceptors (Lipinski definition) is 5. The molecule has 2 heterocycles. The van der Waals surface area contributed by atoms with Crippen molar-refractivity contribution in [1.29, 1.82) is 0 Å². The summed E-state index contributed by atoms with van der Waals surface area (Å²) in [6.07, 6.45) is 1.28. The molecular formula is C13H23N3OS. The van der Waals surface area contributed by atoms with E-state index in [-0.39, 0.29) is 0 Å². The zero-order valence-electron chi connectivity index (χ0n) is 11.3. The number of nitrogens with zero attached hydrogens (tertiary/aromatic N) is 2. The van der Waals surface area contributed by atoms with E-state index in [0.29, 0.717) is 6.04 Å². The van der Waals surface area contributed by atoms with Crippen LogP contribution in [0.4, 0.5) is 0 Å². The van der Waals surface area contributed by atoms with Crippen molar-refractivity contribution in [3.05, 3.63) is 17.5 Å². The van der Waals surface area contributed by atoms with Crippen LogP contribution in [0.25, 0.3) is 0 Å². The summed E-state index contributed by atoms with van der Waals surface area (Å²) in [4.78, 5) is 2.46. The van der Waals surface area contributed by atoms with Crippen molar-refractivity contribution in [2.24, 2.45) is 0 Å². The molecule has 0 unspecified atom stereocenters. The van der Waals surface area contributed by atoms with Crippen LogP contribution in [0.3, 0.4) is 0 Å². The van der Waals surface area contributed by atoms with E-state index in [4.69, 9.17) is 4.52 Å². The zero-order valence-corrected chi connectivity index (χ0v) is 12.1. The summed E-state index contributed by atoms with van der Waals surface area (Å²) in [7, 11) is 0. The maximum atomic E-state index is 5.40. The standard InChI is InChI=1S/C13H23N3OS/c1-11(2)14-9-12-8-13(17-15-12)10-16-4-3-6-18-7-5-16/h8,11,14H,3-7,9-10H2,1-2H3. The van der Waals surface area contributed by atoms with Crippen LogP contribution < -0.4 is 5.32 Å². The molecule has 0 saturated carbocycles. The largest absolute Gasteiger partial charge is 0.360 e. The Hall–Kier alpha value is -0.520. The van der Waals surface area contributed by atoms with Crippen molar-refractivity contribution < 1.29 is 4.52 Å². The van der Waals surface area contributed by atoms with Gasteiger partial charge in [-0.2, -0.15) is 11.8 Å².